The molecule has 0 saturated heterocycles. The second-order valence-corrected chi connectivity index (χ2v) is 5.57. The summed E-state index contributed by atoms with van der Waals surface area (Å²) in [6.07, 6.45) is 6.57. The Morgan fingerprint density at radius 2 is 2.26 bits per heavy atom. The normalized spacial score (nSPS) is 21.9. The number of carbonyl (C=O) groups is 1. The Kier molecular flexibility index (Phi) is 9.35. The van der Waals surface area contributed by atoms with Gasteiger partial charge < -0.3 is 11.1 Å². The van der Waals surface area contributed by atoms with Gasteiger partial charge in [-0.05, 0) is 19.3 Å². The van der Waals surface area contributed by atoms with E-state index in [0.29, 0.717) is 6.54 Å². The molecule has 1 amide bonds. The first-order valence-electron chi connectivity index (χ1n) is 6.17. The number of aromatic nitrogens is 1. The molecule has 0 spiro atoms. The highest BCUT2D eigenvalue weighted by Crippen LogP contribution is 2.23. The third-order valence-electron chi connectivity index (χ3n) is 3.21. The number of hydrogen-bond acceptors (Lipinski definition) is 4. The Labute approximate surface area is 130 Å². The first-order valence-corrected chi connectivity index (χ1v) is 7.05. The minimum absolute atomic E-state index is 0. The fraction of sp³-hybridized carbons (Fsp3) is 0.667. The molecule has 110 valence electrons. The van der Waals surface area contributed by atoms with E-state index in [1.165, 1.54) is 0 Å². The molecule has 1 heterocycles. The van der Waals surface area contributed by atoms with Crippen molar-refractivity contribution in [1.29, 1.82) is 0 Å². The lowest BCUT2D eigenvalue weighted by molar-refractivity contribution is -0.126. The Balaban J connectivity index is 0.00000162. The quantitative estimate of drug-likeness (QED) is 0.891. The maximum Gasteiger partial charge on any atom is 0.223 e. The van der Waals surface area contributed by atoms with Crippen molar-refractivity contribution in [1.82, 2.24) is 10.3 Å². The van der Waals surface area contributed by atoms with Crippen LogP contribution in [-0.4, -0.2) is 23.5 Å². The summed E-state index contributed by atoms with van der Waals surface area (Å²) in [6.45, 7) is 0.679. The van der Waals surface area contributed by atoms with E-state index in [9.17, 15) is 4.79 Å². The van der Waals surface area contributed by atoms with Gasteiger partial charge in [0.25, 0.3) is 0 Å². The van der Waals surface area contributed by atoms with E-state index < -0.39 is 0 Å². The van der Waals surface area contributed by atoms with Crippen LogP contribution in [0.15, 0.2) is 11.6 Å². The molecule has 0 aromatic carbocycles. The zero-order chi connectivity index (χ0) is 12.1. The monoisotopic (exact) mass is 325 g/mol. The van der Waals surface area contributed by atoms with Gasteiger partial charge in [-0.15, -0.1) is 36.2 Å². The van der Waals surface area contributed by atoms with Crippen LogP contribution in [0.3, 0.4) is 0 Å². The van der Waals surface area contributed by atoms with Crippen LogP contribution in [0.5, 0.6) is 0 Å². The van der Waals surface area contributed by atoms with Gasteiger partial charge in [0.2, 0.25) is 5.91 Å². The number of nitrogens with zero attached hydrogens (tertiary/aromatic N) is 1. The van der Waals surface area contributed by atoms with Gasteiger partial charge in [-0.25, -0.2) is 4.98 Å². The number of rotatable bonds is 4. The van der Waals surface area contributed by atoms with Crippen LogP contribution >= 0.6 is 36.2 Å². The molecule has 2 unspecified atom stereocenters. The van der Waals surface area contributed by atoms with E-state index in [1.807, 2.05) is 5.38 Å². The summed E-state index contributed by atoms with van der Waals surface area (Å²) < 4.78 is 0. The summed E-state index contributed by atoms with van der Waals surface area (Å²) in [5.41, 5.74) is 5.88. The van der Waals surface area contributed by atoms with E-state index >= 15 is 0 Å². The summed E-state index contributed by atoms with van der Waals surface area (Å²) in [6, 6.07) is 0.207. The molecule has 2 rings (SSSR count). The molecule has 1 fully saturated rings. The molecule has 1 aliphatic rings. The fourth-order valence-corrected chi connectivity index (χ4v) is 2.90. The van der Waals surface area contributed by atoms with Crippen LogP contribution < -0.4 is 11.1 Å². The molecule has 3 N–H and O–H groups in total. The summed E-state index contributed by atoms with van der Waals surface area (Å²) >= 11 is 1.63. The summed E-state index contributed by atoms with van der Waals surface area (Å²) in [5.74, 6) is 0.284. The molecule has 2 atom stereocenters. The molecule has 0 bridgehead atoms. The lowest BCUT2D eigenvalue weighted by atomic mass is 9.85. The van der Waals surface area contributed by atoms with Gasteiger partial charge in [-0.1, -0.05) is 6.42 Å². The van der Waals surface area contributed by atoms with Gasteiger partial charge in [0.15, 0.2) is 0 Å². The molecule has 0 radical (unpaired) electrons. The molecule has 1 aliphatic carbocycles. The third kappa shape index (κ3) is 6.08. The van der Waals surface area contributed by atoms with Crippen molar-refractivity contribution >= 4 is 42.1 Å². The predicted octanol–water partition coefficient (Wildman–Crippen LogP) is 2.16. The zero-order valence-corrected chi connectivity index (χ0v) is 13.2. The number of nitrogens with two attached hydrogens (primary N) is 1. The van der Waals surface area contributed by atoms with Crippen molar-refractivity contribution in [3.05, 3.63) is 16.6 Å². The standard InChI is InChI=1S/C12H19N3OS.2ClH/c13-10-3-1-2-9(8-10)12(16)15-5-4-11-14-6-7-17-11;;/h6-7,9-10H,1-5,8,13H2,(H,15,16);2*1H. The van der Waals surface area contributed by atoms with E-state index in [2.05, 4.69) is 10.3 Å². The van der Waals surface area contributed by atoms with Crippen LogP contribution in [0.25, 0.3) is 0 Å². The second kappa shape index (κ2) is 9.53. The van der Waals surface area contributed by atoms with Crippen LogP contribution in [-0.2, 0) is 11.2 Å². The predicted molar refractivity (Wildman–Crippen MR) is 83.3 cm³/mol. The minimum atomic E-state index is 0. The summed E-state index contributed by atoms with van der Waals surface area (Å²) in [4.78, 5) is 16.1. The van der Waals surface area contributed by atoms with Crippen molar-refractivity contribution in [2.24, 2.45) is 11.7 Å². The van der Waals surface area contributed by atoms with Gasteiger partial charge in [0, 0.05) is 36.5 Å². The van der Waals surface area contributed by atoms with Gasteiger partial charge in [-0.2, -0.15) is 0 Å². The third-order valence-corrected chi connectivity index (χ3v) is 4.05. The highest BCUT2D eigenvalue weighted by Gasteiger charge is 2.24. The molecular formula is C12H21Cl2N3OS. The molecule has 1 aromatic rings. The Morgan fingerprint density at radius 3 is 2.89 bits per heavy atom. The molecule has 0 aliphatic heterocycles. The topological polar surface area (TPSA) is 68.0 Å². The van der Waals surface area contributed by atoms with E-state index in [-0.39, 0.29) is 42.7 Å². The molecule has 1 aromatic heterocycles. The van der Waals surface area contributed by atoms with Gasteiger partial charge in [-0.3, -0.25) is 4.79 Å². The number of hydrogen-bond donors (Lipinski definition) is 2. The van der Waals surface area contributed by atoms with Crippen molar-refractivity contribution in [3.63, 3.8) is 0 Å². The zero-order valence-electron chi connectivity index (χ0n) is 10.7. The summed E-state index contributed by atoms with van der Waals surface area (Å²) in [5, 5.41) is 6.01. The van der Waals surface area contributed by atoms with Crippen molar-refractivity contribution in [2.45, 2.75) is 38.1 Å². The van der Waals surface area contributed by atoms with Crippen LogP contribution in [0.2, 0.25) is 0 Å². The molecular weight excluding hydrogens is 305 g/mol. The Bertz CT molecular complexity index is 362. The maximum atomic E-state index is 11.9. The van der Waals surface area contributed by atoms with Gasteiger partial charge >= 0.3 is 0 Å². The van der Waals surface area contributed by atoms with Crippen LogP contribution in [0.1, 0.15) is 30.7 Å². The number of halogens is 2. The van der Waals surface area contributed by atoms with Crippen molar-refractivity contribution < 1.29 is 4.79 Å². The Hall–Kier alpha value is -0.360. The second-order valence-electron chi connectivity index (χ2n) is 4.59. The lowest BCUT2D eigenvalue weighted by Gasteiger charge is -2.25. The fourth-order valence-electron chi connectivity index (χ4n) is 2.28. The highest BCUT2D eigenvalue weighted by molar-refractivity contribution is 7.09. The van der Waals surface area contributed by atoms with Crippen LogP contribution in [0, 0.1) is 5.92 Å². The largest absolute Gasteiger partial charge is 0.355 e. The molecule has 4 nitrogen and oxygen atoms in total. The van der Waals surface area contributed by atoms with Crippen molar-refractivity contribution in [2.75, 3.05) is 6.54 Å². The number of thiazole rings is 1. The highest BCUT2D eigenvalue weighted by atomic mass is 35.5. The lowest BCUT2D eigenvalue weighted by Crippen LogP contribution is -2.38. The van der Waals surface area contributed by atoms with Crippen LogP contribution in [0.4, 0.5) is 0 Å². The van der Waals surface area contributed by atoms with Gasteiger partial charge in [0.05, 0.1) is 5.01 Å². The number of amides is 1. The maximum absolute atomic E-state index is 11.9. The first-order chi connectivity index (χ1) is 8.25. The molecule has 19 heavy (non-hydrogen) atoms. The van der Waals surface area contributed by atoms with Crippen molar-refractivity contribution in [3.8, 4) is 0 Å². The average molecular weight is 326 g/mol. The van der Waals surface area contributed by atoms with E-state index in [1.54, 1.807) is 17.5 Å². The smallest absolute Gasteiger partial charge is 0.223 e. The minimum Gasteiger partial charge on any atom is -0.355 e. The van der Waals surface area contributed by atoms with Gasteiger partial charge in [0.1, 0.15) is 0 Å². The Morgan fingerprint density at radius 1 is 1.47 bits per heavy atom. The average Bonchev–Trinajstić information content (AvgIpc) is 2.82. The number of nitrogens with one attached hydrogen (secondary N) is 1. The van der Waals surface area contributed by atoms with E-state index in [0.717, 1.165) is 37.1 Å². The molecule has 1 saturated carbocycles. The summed E-state index contributed by atoms with van der Waals surface area (Å²) in [7, 11) is 0. The van der Waals surface area contributed by atoms with E-state index in [4.69, 9.17) is 5.73 Å². The molecule has 7 heteroatoms. The number of carbonyl (C=O) groups excluding carboxylic acids is 1. The SMILES string of the molecule is Cl.Cl.NC1CCCC(C(=O)NCCc2nccs2)C1. The first kappa shape index (κ1) is 18.6.